The Balaban J connectivity index is 1.76. The van der Waals surface area contributed by atoms with Crippen LogP contribution >= 0.6 is 27.7 Å². The maximum Gasteiger partial charge on any atom is 0.234 e. The highest BCUT2D eigenvalue weighted by Crippen LogP contribution is 2.16. The maximum absolute atomic E-state index is 13.0. The Bertz CT molecular complexity index is 589. The second kappa shape index (κ2) is 7.45. The van der Waals surface area contributed by atoms with E-state index in [4.69, 9.17) is 0 Å². The molecule has 2 aromatic rings. The summed E-state index contributed by atoms with van der Waals surface area (Å²) >= 11 is 4.80. The van der Waals surface area contributed by atoms with Gasteiger partial charge in [0.2, 0.25) is 5.91 Å². The van der Waals surface area contributed by atoms with Gasteiger partial charge in [-0.2, -0.15) is 0 Å². The number of benzene rings is 2. The Hall–Kier alpha value is -1.33. The largest absolute Gasteiger partial charge is 0.325 e. The van der Waals surface area contributed by atoms with Gasteiger partial charge in [-0.15, -0.1) is 11.8 Å². The van der Waals surface area contributed by atoms with Crippen molar-refractivity contribution in [1.29, 1.82) is 0 Å². The van der Waals surface area contributed by atoms with E-state index in [1.54, 1.807) is 6.07 Å². The van der Waals surface area contributed by atoms with Crippen LogP contribution in [0.5, 0.6) is 0 Å². The van der Waals surface area contributed by atoms with Gasteiger partial charge in [0.15, 0.2) is 0 Å². The molecule has 0 aliphatic carbocycles. The van der Waals surface area contributed by atoms with Crippen LogP contribution in [0.4, 0.5) is 10.1 Å². The van der Waals surface area contributed by atoms with Crippen molar-refractivity contribution in [2.45, 2.75) is 5.75 Å². The van der Waals surface area contributed by atoms with Crippen molar-refractivity contribution >= 4 is 39.3 Å². The zero-order valence-electron chi connectivity index (χ0n) is 10.6. The third-order valence-corrected chi connectivity index (χ3v) is 4.05. The SMILES string of the molecule is O=C(CSCc1cccc(F)c1)Nc1ccc(Br)cc1. The topological polar surface area (TPSA) is 29.1 Å². The van der Waals surface area contributed by atoms with Crippen LogP contribution in [-0.4, -0.2) is 11.7 Å². The number of hydrogen-bond acceptors (Lipinski definition) is 2. The van der Waals surface area contributed by atoms with Crippen LogP contribution in [0, 0.1) is 5.82 Å². The van der Waals surface area contributed by atoms with Gasteiger partial charge in [0.25, 0.3) is 0 Å². The van der Waals surface area contributed by atoms with Crippen LogP contribution in [0.25, 0.3) is 0 Å². The average Bonchev–Trinajstić information content (AvgIpc) is 2.41. The standard InChI is InChI=1S/C15H13BrFNOS/c16-12-4-6-14(7-5-12)18-15(19)10-20-9-11-2-1-3-13(17)8-11/h1-8H,9-10H2,(H,18,19). The molecule has 0 aliphatic rings. The Kier molecular flexibility index (Phi) is 5.61. The third kappa shape index (κ3) is 4.98. The first-order valence-corrected chi connectivity index (χ1v) is 7.96. The van der Waals surface area contributed by atoms with Crippen molar-refractivity contribution in [3.8, 4) is 0 Å². The third-order valence-electron chi connectivity index (χ3n) is 2.52. The van der Waals surface area contributed by atoms with E-state index in [-0.39, 0.29) is 11.7 Å². The number of amides is 1. The minimum absolute atomic E-state index is 0.0614. The summed E-state index contributed by atoms with van der Waals surface area (Å²) in [6.45, 7) is 0. The summed E-state index contributed by atoms with van der Waals surface area (Å²) in [4.78, 5) is 11.7. The molecular weight excluding hydrogens is 341 g/mol. The van der Waals surface area contributed by atoms with Gasteiger partial charge in [-0.1, -0.05) is 28.1 Å². The normalized spacial score (nSPS) is 10.3. The molecule has 20 heavy (non-hydrogen) atoms. The van der Waals surface area contributed by atoms with Crippen LogP contribution < -0.4 is 5.32 Å². The van der Waals surface area contributed by atoms with Crippen molar-refractivity contribution < 1.29 is 9.18 Å². The summed E-state index contributed by atoms with van der Waals surface area (Å²) < 4.78 is 13.9. The highest BCUT2D eigenvalue weighted by atomic mass is 79.9. The highest BCUT2D eigenvalue weighted by molar-refractivity contribution is 9.10. The number of rotatable bonds is 5. The minimum Gasteiger partial charge on any atom is -0.325 e. The van der Waals surface area contributed by atoms with Gasteiger partial charge in [0, 0.05) is 15.9 Å². The lowest BCUT2D eigenvalue weighted by Gasteiger charge is -2.05. The molecule has 0 fully saturated rings. The Morgan fingerprint density at radius 3 is 2.65 bits per heavy atom. The zero-order valence-corrected chi connectivity index (χ0v) is 13.0. The number of hydrogen-bond donors (Lipinski definition) is 1. The summed E-state index contributed by atoms with van der Waals surface area (Å²) in [6, 6.07) is 13.8. The molecule has 0 saturated carbocycles. The molecule has 1 N–H and O–H groups in total. The number of carbonyl (C=O) groups excluding carboxylic acids is 1. The first-order valence-electron chi connectivity index (χ1n) is 6.01. The van der Waals surface area contributed by atoms with Crippen LogP contribution in [0.2, 0.25) is 0 Å². The Morgan fingerprint density at radius 1 is 1.20 bits per heavy atom. The van der Waals surface area contributed by atoms with Crippen LogP contribution in [-0.2, 0) is 10.5 Å². The monoisotopic (exact) mass is 353 g/mol. The lowest BCUT2D eigenvalue weighted by molar-refractivity contribution is -0.113. The molecule has 0 saturated heterocycles. The van der Waals surface area contributed by atoms with Crippen LogP contribution in [0.15, 0.2) is 53.0 Å². The number of anilines is 1. The molecule has 0 spiro atoms. The predicted octanol–water partition coefficient (Wildman–Crippen LogP) is 4.46. The molecule has 2 nitrogen and oxygen atoms in total. The van der Waals surface area contributed by atoms with Crippen molar-refractivity contribution in [3.05, 3.63) is 64.4 Å². The molecule has 1 amide bonds. The van der Waals surface area contributed by atoms with E-state index in [1.165, 1.54) is 23.9 Å². The Morgan fingerprint density at radius 2 is 1.95 bits per heavy atom. The van der Waals surface area contributed by atoms with E-state index in [9.17, 15) is 9.18 Å². The predicted molar refractivity (Wildman–Crippen MR) is 85.3 cm³/mol. The van der Waals surface area contributed by atoms with E-state index in [2.05, 4.69) is 21.2 Å². The summed E-state index contributed by atoms with van der Waals surface area (Å²) in [5.74, 6) is 0.647. The lowest BCUT2D eigenvalue weighted by Crippen LogP contribution is -2.14. The molecule has 2 aromatic carbocycles. The fraction of sp³-hybridized carbons (Fsp3) is 0.133. The van der Waals surface area contributed by atoms with Gasteiger partial charge in [0.1, 0.15) is 5.82 Å². The fourth-order valence-corrected chi connectivity index (χ4v) is 2.66. The number of carbonyl (C=O) groups is 1. The lowest BCUT2D eigenvalue weighted by atomic mass is 10.2. The molecule has 2 rings (SSSR count). The van der Waals surface area contributed by atoms with Crippen molar-refractivity contribution in [2.24, 2.45) is 0 Å². The molecule has 0 atom stereocenters. The van der Waals surface area contributed by atoms with E-state index in [0.29, 0.717) is 11.5 Å². The van der Waals surface area contributed by atoms with E-state index in [1.807, 2.05) is 30.3 Å². The maximum atomic E-state index is 13.0. The van der Waals surface area contributed by atoms with Crippen LogP contribution in [0.3, 0.4) is 0 Å². The molecule has 5 heteroatoms. The number of nitrogens with one attached hydrogen (secondary N) is 1. The van der Waals surface area contributed by atoms with Gasteiger partial charge in [-0.3, -0.25) is 4.79 Å². The highest BCUT2D eigenvalue weighted by Gasteiger charge is 2.03. The molecule has 0 bridgehead atoms. The second-order valence-electron chi connectivity index (χ2n) is 4.18. The molecular formula is C15H13BrFNOS. The number of halogens is 2. The summed E-state index contributed by atoms with van der Waals surface area (Å²) in [5.41, 5.74) is 1.65. The van der Waals surface area contributed by atoms with E-state index >= 15 is 0 Å². The van der Waals surface area contributed by atoms with E-state index < -0.39 is 0 Å². The molecule has 0 radical (unpaired) electrons. The van der Waals surface area contributed by atoms with Crippen LogP contribution in [0.1, 0.15) is 5.56 Å². The zero-order chi connectivity index (χ0) is 14.4. The molecule has 0 unspecified atom stereocenters. The molecule has 104 valence electrons. The summed E-state index contributed by atoms with van der Waals surface area (Å²) in [7, 11) is 0. The van der Waals surface area contributed by atoms with Gasteiger partial charge < -0.3 is 5.32 Å². The summed E-state index contributed by atoms with van der Waals surface area (Å²) in [5, 5.41) is 2.81. The average molecular weight is 354 g/mol. The number of thioether (sulfide) groups is 1. The summed E-state index contributed by atoms with van der Waals surface area (Å²) in [6.07, 6.45) is 0. The molecule has 0 aromatic heterocycles. The van der Waals surface area contributed by atoms with Crippen molar-refractivity contribution in [1.82, 2.24) is 0 Å². The molecule has 0 aliphatic heterocycles. The van der Waals surface area contributed by atoms with Crippen molar-refractivity contribution in [2.75, 3.05) is 11.1 Å². The van der Waals surface area contributed by atoms with Crippen molar-refractivity contribution in [3.63, 3.8) is 0 Å². The Labute approximate surface area is 129 Å². The smallest absolute Gasteiger partial charge is 0.234 e. The first kappa shape index (κ1) is 15.1. The fourth-order valence-electron chi connectivity index (χ4n) is 1.62. The van der Waals surface area contributed by atoms with Gasteiger partial charge >= 0.3 is 0 Å². The molecule has 0 heterocycles. The van der Waals surface area contributed by atoms with Gasteiger partial charge in [-0.25, -0.2) is 4.39 Å². The van der Waals surface area contributed by atoms with Gasteiger partial charge in [-0.05, 0) is 42.0 Å². The second-order valence-corrected chi connectivity index (χ2v) is 6.08. The first-order chi connectivity index (χ1) is 9.63. The minimum atomic E-state index is -0.248. The quantitative estimate of drug-likeness (QED) is 0.859. The van der Waals surface area contributed by atoms with Gasteiger partial charge in [0.05, 0.1) is 5.75 Å². The van der Waals surface area contributed by atoms with E-state index in [0.717, 1.165) is 15.7 Å².